The molecule has 56 heavy (non-hydrogen) atoms. The minimum atomic E-state index is 0.853. The molecule has 0 saturated carbocycles. The molecule has 0 fully saturated rings. The van der Waals surface area contributed by atoms with Crippen LogP contribution in [-0.4, -0.2) is 0 Å². The number of rotatable bonds is 8. The molecule has 2 nitrogen and oxygen atoms in total. The Balaban J connectivity index is 1.27. The minimum absolute atomic E-state index is 0.853. The summed E-state index contributed by atoms with van der Waals surface area (Å²) in [4.78, 5) is 2.44. The van der Waals surface area contributed by atoms with E-state index in [0.29, 0.717) is 0 Å². The van der Waals surface area contributed by atoms with Crippen molar-refractivity contribution in [2.24, 2.45) is 0 Å². The number of furan rings is 1. The lowest BCUT2D eigenvalue weighted by Crippen LogP contribution is -2.12. The van der Waals surface area contributed by atoms with E-state index in [1.807, 2.05) is 6.07 Å². The number of hydrogen-bond donors (Lipinski definition) is 0. The minimum Gasteiger partial charge on any atom is -0.456 e. The highest BCUT2D eigenvalue weighted by Gasteiger charge is 2.24. The first-order chi connectivity index (χ1) is 27.8. The normalized spacial score (nSPS) is 11.2. The maximum Gasteiger partial charge on any atom is 0.137 e. The Labute approximate surface area is 327 Å². The molecule has 10 rings (SSSR count). The number of anilines is 3. The van der Waals surface area contributed by atoms with Crippen LogP contribution in [0.15, 0.2) is 229 Å². The Hall–Kier alpha value is -7.42. The van der Waals surface area contributed by atoms with Gasteiger partial charge in [0.25, 0.3) is 0 Å². The molecule has 0 bridgehead atoms. The van der Waals surface area contributed by atoms with Gasteiger partial charge in [0.2, 0.25) is 0 Å². The molecular weight excluding hydrogens is 679 g/mol. The van der Waals surface area contributed by atoms with Gasteiger partial charge >= 0.3 is 0 Å². The molecule has 0 amide bonds. The summed E-state index contributed by atoms with van der Waals surface area (Å²) in [6.45, 7) is 0. The van der Waals surface area contributed by atoms with Crippen molar-refractivity contribution in [2.75, 3.05) is 4.90 Å². The Kier molecular flexibility index (Phi) is 8.55. The van der Waals surface area contributed by atoms with E-state index in [2.05, 4.69) is 223 Å². The highest BCUT2D eigenvalue weighted by molar-refractivity contribution is 6.14. The summed E-state index contributed by atoms with van der Waals surface area (Å²) < 4.78 is 6.52. The van der Waals surface area contributed by atoms with E-state index in [4.69, 9.17) is 4.42 Å². The van der Waals surface area contributed by atoms with Crippen LogP contribution in [0.3, 0.4) is 0 Å². The third-order valence-corrected chi connectivity index (χ3v) is 10.7. The van der Waals surface area contributed by atoms with Crippen LogP contribution < -0.4 is 4.90 Å². The molecule has 2 heteroatoms. The van der Waals surface area contributed by atoms with E-state index >= 15 is 0 Å². The van der Waals surface area contributed by atoms with Gasteiger partial charge in [0, 0.05) is 16.6 Å². The average molecular weight is 716 g/mol. The molecule has 9 aromatic carbocycles. The molecule has 0 N–H and O–H groups in total. The lowest BCUT2D eigenvalue weighted by atomic mass is 9.88. The Morgan fingerprint density at radius 2 is 0.732 bits per heavy atom. The largest absolute Gasteiger partial charge is 0.456 e. The molecule has 0 aliphatic carbocycles. The molecule has 0 radical (unpaired) electrons. The maximum atomic E-state index is 6.52. The second-order valence-electron chi connectivity index (χ2n) is 14.1. The summed E-state index contributed by atoms with van der Waals surface area (Å²) >= 11 is 0. The third kappa shape index (κ3) is 6.04. The molecule has 0 unspecified atom stereocenters. The molecule has 0 saturated heterocycles. The molecular formula is C54H37NO. The van der Waals surface area contributed by atoms with Crippen LogP contribution in [0.25, 0.3) is 77.6 Å². The van der Waals surface area contributed by atoms with Crippen molar-refractivity contribution in [2.45, 2.75) is 0 Å². The molecule has 0 aliphatic heterocycles. The van der Waals surface area contributed by atoms with Crippen molar-refractivity contribution in [1.82, 2.24) is 0 Å². The Bertz CT molecular complexity index is 2910. The second-order valence-corrected chi connectivity index (χ2v) is 14.1. The predicted molar refractivity (Wildman–Crippen MR) is 236 cm³/mol. The number of para-hydroxylation sites is 2. The van der Waals surface area contributed by atoms with Crippen molar-refractivity contribution >= 4 is 39.0 Å². The van der Waals surface area contributed by atoms with Crippen molar-refractivity contribution in [3.63, 3.8) is 0 Å². The van der Waals surface area contributed by atoms with Crippen LogP contribution in [0.5, 0.6) is 0 Å². The summed E-state index contributed by atoms with van der Waals surface area (Å²) in [5.74, 6) is 0. The van der Waals surface area contributed by atoms with E-state index in [-0.39, 0.29) is 0 Å². The Morgan fingerprint density at radius 1 is 0.286 bits per heavy atom. The smallest absolute Gasteiger partial charge is 0.137 e. The number of fused-ring (bicyclic) bond motifs is 3. The highest BCUT2D eigenvalue weighted by Crippen LogP contribution is 2.49. The van der Waals surface area contributed by atoms with Crippen LogP contribution in [0.2, 0.25) is 0 Å². The first kappa shape index (κ1) is 33.2. The third-order valence-electron chi connectivity index (χ3n) is 10.7. The van der Waals surface area contributed by atoms with Crippen molar-refractivity contribution in [1.29, 1.82) is 0 Å². The van der Waals surface area contributed by atoms with Crippen LogP contribution in [0, 0.1) is 0 Å². The zero-order valence-corrected chi connectivity index (χ0v) is 30.7. The lowest BCUT2D eigenvalue weighted by Gasteiger charge is -2.30. The van der Waals surface area contributed by atoms with Crippen LogP contribution in [0.1, 0.15) is 0 Å². The summed E-state index contributed by atoms with van der Waals surface area (Å²) in [5.41, 5.74) is 16.5. The fourth-order valence-corrected chi connectivity index (χ4v) is 8.12. The zero-order chi connectivity index (χ0) is 37.3. The summed E-state index contributed by atoms with van der Waals surface area (Å²) in [5, 5.41) is 2.16. The van der Waals surface area contributed by atoms with Gasteiger partial charge in [0.15, 0.2) is 0 Å². The Morgan fingerprint density at radius 3 is 1.38 bits per heavy atom. The average Bonchev–Trinajstić information content (AvgIpc) is 3.67. The lowest BCUT2D eigenvalue weighted by molar-refractivity contribution is 0.669. The summed E-state index contributed by atoms with van der Waals surface area (Å²) in [6.07, 6.45) is 0. The first-order valence-corrected chi connectivity index (χ1v) is 19.1. The monoisotopic (exact) mass is 715 g/mol. The van der Waals surface area contributed by atoms with E-state index in [1.165, 1.54) is 22.3 Å². The quantitative estimate of drug-likeness (QED) is 0.156. The molecule has 0 atom stereocenters. The fourth-order valence-electron chi connectivity index (χ4n) is 8.12. The molecule has 10 aromatic rings. The summed E-state index contributed by atoms with van der Waals surface area (Å²) in [7, 11) is 0. The zero-order valence-electron chi connectivity index (χ0n) is 30.7. The first-order valence-electron chi connectivity index (χ1n) is 19.1. The number of benzene rings is 9. The van der Waals surface area contributed by atoms with E-state index in [0.717, 1.165) is 72.4 Å². The number of hydrogen-bond acceptors (Lipinski definition) is 2. The van der Waals surface area contributed by atoms with Crippen LogP contribution in [0.4, 0.5) is 17.1 Å². The molecule has 1 heterocycles. The van der Waals surface area contributed by atoms with Gasteiger partial charge in [-0.05, 0) is 92.5 Å². The van der Waals surface area contributed by atoms with Gasteiger partial charge in [-0.3, -0.25) is 0 Å². The number of nitrogens with zero attached hydrogens (tertiary/aromatic N) is 1. The molecule has 0 spiro atoms. The van der Waals surface area contributed by atoms with E-state index in [9.17, 15) is 0 Å². The predicted octanol–water partition coefficient (Wildman–Crippen LogP) is 15.4. The molecule has 0 aliphatic rings. The second kappa shape index (κ2) is 14.4. The van der Waals surface area contributed by atoms with Crippen molar-refractivity contribution in [3.8, 4) is 55.6 Å². The maximum absolute atomic E-state index is 6.52. The SMILES string of the molecule is c1ccc(-c2cc(-c3ccccc3)cc(N(c3ccccc3-c3ccccc3-c3ccccc3-c3ccccc3)c3cccc4oc5ccccc5c34)c2)cc1. The van der Waals surface area contributed by atoms with Gasteiger partial charge in [0.05, 0.1) is 16.8 Å². The van der Waals surface area contributed by atoms with Crippen molar-refractivity contribution < 1.29 is 4.42 Å². The van der Waals surface area contributed by atoms with Gasteiger partial charge in [-0.1, -0.05) is 182 Å². The van der Waals surface area contributed by atoms with Gasteiger partial charge in [-0.2, -0.15) is 0 Å². The summed E-state index contributed by atoms with van der Waals surface area (Å²) in [6, 6.07) is 80.2. The van der Waals surface area contributed by atoms with Crippen LogP contribution >= 0.6 is 0 Å². The van der Waals surface area contributed by atoms with Gasteiger partial charge in [0.1, 0.15) is 11.2 Å². The standard InChI is InChI=1S/C54H37NO/c1-4-19-38(20-5-1)41-35-42(39-21-6-2-7-22-39)37-43(36-41)55(51-32-18-34-53-54(51)49-30-15-17-33-52(49)56-53)50-31-16-14-29-48(50)47-28-13-12-27-46(47)45-26-11-10-25-44(45)40-23-8-3-9-24-40/h1-37H. The van der Waals surface area contributed by atoms with Gasteiger partial charge in [-0.25, -0.2) is 0 Å². The topological polar surface area (TPSA) is 16.4 Å². The van der Waals surface area contributed by atoms with E-state index in [1.54, 1.807) is 0 Å². The van der Waals surface area contributed by atoms with Gasteiger partial charge in [-0.15, -0.1) is 0 Å². The van der Waals surface area contributed by atoms with Crippen molar-refractivity contribution in [3.05, 3.63) is 224 Å². The van der Waals surface area contributed by atoms with Crippen LogP contribution in [-0.2, 0) is 0 Å². The molecule has 264 valence electrons. The molecule has 1 aromatic heterocycles. The van der Waals surface area contributed by atoms with E-state index < -0.39 is 0 Å². The highest BCUT2D eigenvalue weighted by atomic mass is 16.3. The van der Waals surface area contributed by atoms with Gasteiger partial charge < -0.3 is 9.32 Å². The fraction of sp³-hybridized carbons (Fsp3) is 0.